The van der Waals surface area contributed by atoms with Gasteiger partial charge in [-0.1, -0.05) is 0 Å². The van der Waals surface area contributed by atoms with E-state index < -0.39 is 0 Å². The second kappa shape index (κ2) is 8.97. The molecule has 0 amide bonds. The minimum atomic E-state index is -0.355. The second-order valence-electron chi connectivity index (χ2n) is 7.41. The van der Waals surface area contributed by atoms with Crippen LogP contribution in [0.4, 0.5) is 0 Å². The van der Waals surface area contributed by atoms with Gasteiger partial charge in [0.15, 0.2) is 23.0 Å². The number of hydrogen-bond acceptors (Lipinski definition) is 8. The van der Waals surface area contributed by atoms with E-state index >= 15 is 0 Å². The third kappa shape index (κ3) is 3.61. The van der Waals surface area contributed by atoms with Crippen LogP contribution in [-0.4, -0.2) is 48.6 Å². The van der Waals surface area contributed by atoms with Crippen molar-refractivity contribution in [2.45, 2.75) is 13.0 Å². The highest BCUT2D eigenvalue weighted by atomic mass is 16.5. The summed E-state index contributed by atoms with van der Waals surface area (Å²) in [4.78, 5) is 12.5. The molecule has 0 aromatic heterocycles. The van der Waals surface area contributed by atoms with E-state index in [1.807, 2.05) is 24.3 Å². The average molecular weight is 454 g/mol. The van der Waals surface area contributed by atoms with Crippen LogP contribution in [0.3, 0.4) is 0 Å². The first-order valence-electron chi connectivity index (χ1n) is 10.2. The van der Waals surface area contributed by atoms with Gasteiger partial charge in [-0.3, -0.25) is 0 Å². The van der Waals surface area contributed by atoms with E-state index in [1.165, 1.54) is 0 Å². The number of ether oxygens (including phenoxy) is 7. The van der Waals surface area contributed by atoms with E-state index in [9.17, 15) is 4.79 Å². The van der Waals surface area contributed by atoms with Crippen LogP contribution in [-0.2, 0) is 17.8 Å². The van der Waals surface area contributed by atoms with E-state index in [0.717, 1.165) is 27.5 Å². The fourth-order valence-corrected chi connectivity index (χ4v) is 4.36. The van der Waals surface area contributed by atoms with Gasteiger partial charge in [-0.25, -0.2) is 4.79 Å². The molecule has 1 heterocycles. The van der Waals surface area contributed by atoms with Crippen molar-refractivity contribution >= 4 is 16.7 Å². The van der Waals surface area contributed by atoms with Crippen LogP contribution in [0.5, 0.6) is 34.5 Å². The topological polar surface area (TPSA) is 81.7 Å². The lowest BCUT2D eigenvalue weighted by Gasteiger charge is -2.20. The molecule has 0 bridgehead atoms. The summed E-state index contributed by atoms with van der Waals surface area (Å²) in [5.41, 5.74) is 3.13. The first-order chi connectivity index (χ1) is 16.0. The summed E-state index contributed by atoms with van der Waals surface area (Å²) in [6.07, 6.45) is 0.457. The summed E-state index contributed by atoms with van der Waals surface area (Å²) in [6.45, 7) is 0.182. The SMILES string of the molecule is COc1cc(Cc2c3c(cc4cc(OC)c(OC)c(OC)c24)C(=O)OC3)cc(OC)c1OC. The van der Waals surface area contributed by atoms with Crippen LogP contribution in [0.25, 0.3) is 10.8 Å². The number of rotatable bonds is 8. The van der Waals surface area contributed by atoms with Crippen LogP contribution >= 0.6 is 0 Å². The summed E-state index contributed by atoms with van der Waals surface area (Å²) in [5.74, 6) is 2.75. The van der Waals surface area contributed by atoms with Crippen LogP contribution in [0.1, 0.15) is 27.0 Å². The van der Waals surface area contributed by atoms with Crippen LogP contribution < -0.4 is 28.4 Å². The maximum atomic E-state index is 12.5. The summed E-state index contributed by atoms with van der Waals surface area (Å²) < 4.78 is 38.8. The first kappa shape index (κ1) is 22.4. The highest BCUT2D eigenvalue weighted by Gasteiger charge is 2.29. The predicted molar refractivity (Wildman–Crippen MR) is 122 cm³/mol. The van der Waals surface area contributed by atoms with Gasteiger partial charge in [0.2, 0.25) is 11.5 Å². The number of esters is 1. The fraction of sp³-hybridized carbons (Fsp3) is 0.320. The van der Waals surface area contributed by atoms with Crippen LogP contribution in [0.15, 0.2) is 24.3 Å². The zero-order valence-corrected chi connectivity index (χ0v) is 19.5. The fourth-order valence-electron chi connectivity index (χ4n) is 4.36. The zero-order valence-electron chi connectivity index (χ0n) is 19.5. The monoisotopic (exact) mass is 454 g/mol. The van der Waals surface area contributed by atoms with Crippen molar-refractivity contribution in [2.24, 2.45) is 0 Å². The highest BCUT2D eigenvalue weighted by molar-refractivity contribution is 6.04. The molecule has 3 aromatic rings. The molecule has 0 unspecified atom stereocenters. The van der Waals surface area contributed by atoms with Crippen molar-refractivity contribution in [2.75, 3.05) is 42.7 Å². The maximum Gasteiger partial charge on any atom is 0.338 e. The molecule has 33 heavy (non-hydrogen) atoms. The van der Waals surface area contributed by atoms with Crippen molar-refractivity contribution in [1.82, 2.24) is 0 Å². The quantitative estimate of drug-likeness (QED) is 0.470. The Hall–Kier alpha value is -3.81. The Bertz CT molecular complexity index is 1210. The third-order valence-corrected chi connectivity index (χ3v) is 5.82. The molecule has 1 aliphatic heterocycles. The van der Waals surface area contributed by atoms with Crippen molar-refractivity contribution in [3.63, 3.8) is 0 Å². The number of carbonyl (C=O) groups excluding carboxylic acids is 1. The van der Waals surface area contributed by atoms with Crippen molar-refractivity contribution < 1.29 is 38.0 Å². The smallest absolute Gasteiger partial charge is 0.338 e. The summed E-state index contributed by atoms with van der Waals surface area (Å²) in [6, 6.07) is 7.42. The Morgan fingerprint density at radius 3 is 1.85 bits per heavy atom. The molecular weight excluding hydrogens is 428 g/mol. The van der Waals surface area contributed by atoms with Gasteiger partial charge in [0.05, 0.1) is 48.2 Å². The molecule has 0 radical (unpaired) electrons. The number of hydrogen-bond donors (Lipinski definition) is 0. The lowest BCUT2D eigenvalue weighted by Crippen LogP contribution is -2.04. The Balaban J connectivity index is 2.02. The Morgan fingerprint density at radius 1 is 0.727 bits per heavy atom. The molecule has 8 heteroatoms. The first-order valence-corrected chi connectivity index (χ1v) is 10.2. The molecule has 1 aliphatic rings. The van der Waals surface area contributed by atoms with Gasteiger partial charge in [-0.15, -0.1) is 0 Å². The largest absolute Gasteiger partial charge is 0.493 e. The third-order valence-electron chi connectivity index (χ3n) is 5.82. The van der Waals surface area contributed by atoms with Gasteiger partial charge < -0.3 is 33.2 Å². The number of methoxy groups -OCH3 is 6. The minimum absolute atomic E-state index is 0.182. The highest BCUT2D eigenvalue weighted by Crippen LogP contribution is 2.48. The second-order valence-corrected chi connectivity index (χ2v) is 7.41. The van der Waals surface area contributed by atoms with Crippen molar-refractivity contribution in [3.05, 3.63) is 46.5 Å². The molecule has 8 nitrogen and oxygen atoms in total. The molecule has 0 atom stereocenters. The van der Waals surface area contributed by atoms with Crippen molar-refractivity contribution in [1.29, 1.82) is 0 Å². The van der Waals surface area contributed by atoms with Crippen LogP contribution in [0.2, 0.25) is 0 Å². The van der Waals surface area contributed by atoms with Gasteiger partial charge in [-0.2, -0.15) is 0 Å². The van der Waals surface area contributed by atoms with E-state index in [2.05, 4.69) is 0 Å². The van der Waals surface area contributed by atoms with E-state index in [-0.39, 0.29) is 12.6 Å². The Morgan fingerprint density at radius 2 is 1.30 bits per heavy atom. The van der Waals surface area contributed by atoms with E-state index in [4.69, 9.17) is 33.2 Å². The standard InChI is InChI=1S/C25H26O8/c1-27-18-8-13(9-19(28-2)22(18)30-4)7-15-17-12-33-25(26)16(17)10-14-11-20(29-3)23(31-5)24(32-6)21(14)15/h8-11H,7,12H2,1-6H3. The summed E-state index contributed by atoms with van der Waals surface area (Å²) in [7, 11) is 9.40. The Kier molecular flexibility index (Phi) is 6.09. The maximum absolute atomic E-state index is 12.5. The van der Waals surface area contributed by atoms with E-state index in [0.29, 0.717) is 46.5 Å². The summed E-state index contributed by atoms with van der Waals surface area (Å²) in [5, 5.41) is 1.60. The van der Waals surface area contributed by atoms with Gasteiger partial charge in [-0.05, 0) is 47.2 Å². The van der Waals surface area contributed by atoms with Crippen LogP contribution in [0, 0.1) is 0 Å². The summed E-state index contributed by atoms with van der Waals surface area (Å²) >= 11 is 0. The van der Waals surface area contributed by atoms with E-state index in [1.54, 1.807) is 42.7 Å². The predicted octanol–water partition coefficient (Wildman–Crippen LogP) is 4.15. The van der Waals surface area contributed by atoms with Crippen molar-refractivity contribution in [3.8, 4) is 34.5 Å². The number of cyclic esters (lactones) is 1. The molecule has 0 fully saturated rings. The lowest BCUT2D eigenvalue weighted by atomic mass is 9.90. The zero-order chi connectivity index (χ0) is 23.7. The molecule has 3 aromatic carbocycles. The molecule has 0 saturated carbocycles. The number of fused-ring (bicyclic) bond motifs is 2. The molecule has 0 aliphatic carbocycles. The number of benzene rings is 3. The van der Waals surface area contributed by atoms with Gasteiger partial charge >= 0.3 is 5.97 Å². The van der Waals surface area contributed by atoms with Gasteiger partial charge in [0, 0.05) is 10.9 Å². The molecule has 0 spiro atoms. The molecule has 0 saturated heterocycles. The minimum Gasteiger partial charge on any atom is -0.493 e. The normalized spacial score (nSPS) is 12.2. The average Bonchev–Trinajstić information content (AvgIpc) is 3.21. The molecular formula is C25H26O8. The van der Waals surface area contributed by atoms with Gasteiger partial charge in [0.1, 0.15) is 6.61 Å². The lowest BCUT2D eigenvalue weighted by molar-refractivity contribution is 0.0535. The Labute approximate surface area is 191 Å². The number of carbonyl (C=O) groups is 1. The van der Waals surface area contributed by atoms with Gasteiger partial charge in [0.25, 0.3) is 0 Å². The molecule has 0 N–H and O–H groups in total. The molecule has 174 valence electrons. The molecule has 4 rings (SSSR count).